The van der Waals surface area contributed by atoms with Gasteiger partial charge in [0.15, 0.2) is 6.61 Å². The van der Waals surface area contributed by atoms with E-state index in [0.29, 0.717) is 6.54 Å². The Morgan fingerprint density at radius 2 is 1.84 bits per heavy atom. The van der Waals surface area contributed by atoms with E-state index in [9.17, 15) is 4.79 Å². The first-order valence-electron chi connectivity index (χ1n) is 6.55. The Morgan fingerprint density at radius 3 is 2.26 bits per heavy atom. The maximum absolute atomic E-state index is 11.9. The molecule has 0 aliphatic rings. The Hall–Kier alpha value is -1.55. The first-order chi connectivity index (χ1) is 8.86. The maximum Gasteiger partial charge on any atom is 0.260 e. The predicted octanol–water partition coefficient (Wildman–Crippen LogP) is 2.01. The van der Waals surface area contributed by atoms with Crippen LogP contribution in [0.4, 0.5) is 0 Å². The molecule has 0 aliphatic carbocycles. The molecule has 0 heterocycles. The lowest BCUT2D eigenvalue weighted by Crippen LogP contribution is -2.36. The van der Waals surface area contributed by atoms with E-state index in [4.69, 9.17) is 10.5 Å². The van der Waals surface area contributed by atoms with E-state index in [1.165, 1.54) is 0 Å². The number of aryl methyl sites for hydroxylation is 2. The van der Waals surface area contributed by atoms with Crippen molar-refractivity contribution in [1.82, 2.24) is 4.90 Å². The smallest absolute Gasteiger partial charge is 0.260 e. The van der Waals surface area contributed by atoms with Crippen LogP contribution in [0.25, 0.3) is 0 Å². The predicted molar refractivity (Wildman–Crippen MR) is 77.2 cm³/mol. The molecule has 0 radical (unpaired) electrons. The van der Waals surface area contributed by atoms with E-state index >= 15 is 0 Å². The molecule has 1 aromatic rings. The molecule has 0 unspecified atom stereocenters. The van der Waals surface area contributed by atoms with E-state index in [0.717, 1.165) is 22.4 Å². The van der Waals surface area contributed by atoms with Gasteiger partial charge < -0.3 is 15.4 Å². The lowest BCUT2D eigenvalue weighted by Gasteiger charge is -2.22. The lowest BCUT2D eigenvalue weighted by molar-refractivity contribution is -0.133. The average Bonchev–Trinajstić information content (AvgIpc) is 2.35. The molecular formula is C15H24N2O2. The third-order valence-corrected chi connectivity index (χ3v) is 3.26. The molecule has 1 amide bonds. The van der Waals surface area contributed by atoms with Crippen LogP contribution in [-0.2, 0) is 11.3 Å². The number of benzene rings is 1. The summed E-state index contributed by atoms with van der Waals surface area (Å²) >= 11 is 0. The third kappa shape index (κ3) is 3.96. The van der Waals surface area contributed by atoms with Crippen molar-refractivity contribution in [3.63, 3.8) is 0 Å². The highest BCUT2D eigenvalue weighted by molar-refractivity contribution is 5.77. The second kappa shape index (κ2) is 6.57. The number of nitrogens with zero attached hydrogens (tertiary/aromatic N) is 1. The lowest BCUT2D eigenvalue weighted by atomic mass is 10.1. The molecule has 2 N–H and O–H groups in total. The van der Waals surface area contributed by atoms with Crippen molar-refractivity contribution in [2.24, 2.45) is 5.73 Å². The van der Waals surface area contributed by atoms with E-state index in [2.05, 4.69) is 0 Å². The van der Waals surface area contributed by atoms with E-state index in [-0.39, 0.29) is 18.6 Å². The molecule has 0 aliphatic heterocycles. The van der Waals surface area contributed by atoms with E-state index in [1.807, 2.05) is 39.8 Å². The highest BCUT2D eigenvalue weighted by atomic mass is 16.5. The van der Waals surface area contributed by atoms with Gasteiger partial charge >= 0.3 is 0 Å². The molecule has 0 saturated heterocycles. The topological polar surface area (TPSA) is 55.6 Å². The summed E-state index contributed by atoms with van der Waals surface area (Å²) in [5.41, 5.74) is 8.74. The number of nitrogens with two attached hydrogens (primary N) is 1. The van der Waals surface area contributed by atoms with Crippen molar-refractivity contribution < 1.29 is 9.53 Å². The molecule has 1 rings (SSSR count). The van der Waals surface area contributed by atoms with Crippen LogP contribution < -0.4 is 10.5 Å². The number of rotatable bonds is 5. The first kappa shape index (κ1) is 15.5. The fourth-order valence-corrected chi connectivity index (χ4v) is 1.91. The Labute approximate surface area is 115 Å². The minimum atomic E-state index is -0.0169. The summed E-state index contributed by atoms with van der Waals surface area (Å²) in [5, 5.41) is 0. The molecule has 0 saturated carbocycles. The normalized spacial score (nSPS) is 10.7. The molecule has 4 nitrogen and oxygen atoms in total. The van der Waals surface area contributed by atoms with Gasteiger partial charge in [0, 0.05) is 19.6 Å². The summed E-state index contributed by atoms with van der Waals surface area (Å²) in [6.07, 6.45) is 0. The second-order valence-electron chi connectivity index (χ2n) is 5.15. The zero-order chi connectivity index (χ0) is 14.6. The van der Waals surface area contributed by atoms with Crippen molar-refractivity contribution in [2.45, 2.75) is 40.3 Å². The van der Waals surface area contributed by atoms with Crippen LogP contribution in [0.3, 0.4) is 0 Å². The largest absolute Gasteiger partial charge is 0.483 e. The molecule has 106 valence electrons. The zero-order valence-corrected chi connectivity index (χ0v) is 12.5. The van der Waals surface area contributed by atoms with Crippen LogP contribution in [0, 0.1) is 13.8 Å². The average molecular weight is 264 g/mol. The number of carbonyl (C=O) groups is 1. The molecule has 19 heavy (non-hydrogen) atoms. The number of likely N-dealkylation sites (N-methyl/N-ethyl adjacent to an activating group) is 1. The summed E-state index contributed by atoms with van der Waals surface area (Å²) in [6, 6.07) is 4.18. The quantitative estimate of drug-likeness (QED) is 0.885. The van der Waals surface area contributed by atoms with Crippen molar-refractivity contribution >= 4 is 5.91 Å². The van der Waals surface area contributed by atoms with Crippen molar-refractivity contribution in [1.29, 1.82) is 0 Å². The van der Waals surface area contributed by atoms with Gasteiger partial charge in [0.05, 0.1) is 0 Å². The molecular weight excluding hydrogens is 240 g/mol. The standard InChI is InChI=1S/C15H24N2O2/c1-10(2)17(5)14(18)9-19-15-11(3)6-13(8-16)7-12(15)4/h6-7,10H,8-9,16H2,1-5H3. The number of hydrogen-bond acceptors (Lipinski definition) is 3. The maximum atomic E-state index is 11.9. The van der Waals surface area contributed by atoms with Gasteiger partial charge in [-0.1, -0.05) is 12.1 Å². The Kier molecular flexibility index (Phi) is 5.36. The van der Waals surface area contributed by atoms with E-state index < -0.39 is 0 Å². The van der Waals surface area contributed by atoms with Crippen LogP contribution in [0.15, 0.2) is 12.1 Å². The fourth-order valence-electron chi connectivity index (χ4n) is 1.91. The molecule has 0 spiro atoms. The Morgan fingerprint density at radius 1 is 1.32 bits per heavy atom. The van der Waals surface area contributed by atoms with Gasteiger partial charge in [-0.25, -0.2) is 0 Å². The third-order valence-electron chi connectivity index (χ3n) is 3.26. The number of ether oxygens (including phenoxy) is 1. The van der Waals surface area contributed by atoms with Crippen LogP contribution in [0.5, 0.6) is 5.75 Å². The molecule has 1 aromatic carbocycles. The molecule has 0 aromatic heterocycles. The van der Waals surface area contributed by atoms with Gasteiger partial charge in [0.25, 0.3) is 5.91 Å². The fraction of sp³-hybridized carbons (Fsp3) is 0.533. The van der Waals surface area contributed by atoms with Crippen LogP contribution in [0.1, 0.15) is 30.5 Å². The van der Waals surface area contributed by atoms with Crippen LogP contribution in [0.2, 0.25) is 0 Å². The van der Waals surface area contributed by atoms with Crippen molar-refractivity contribution in [3.8, 4) is 5.75 Å². The van der Waals surface area contributed by atoms with Gasteiger partial charge in [-0.15, -0.1) is 0 Å². The summed E-state index contributed by atoms with van der Waals surface area (Å²) in [4.78, 5) is 13.6. The molecule has 0 atom stereocenters. The second-order valence-corrected chi connectivity index (χ2v) is 5.15. The number of carbonyl (C=O) groups excluding carboxylic acids is 1. The molecule has 0 bridgehead atoms. The SMILES string of the molecule is Cc1cc(CN)cc(C)c1OCC(=O)N(C)C(C)C. The van der Waals surface area contributed by atoms with Crippen LogP contribution in [-0.4, -0.2) is 30.5 Å². The Bertz CT molecular complexity index is 432. The van der Waals surface area contributed by atoms with Crippen molar-refractivity contribution in [3.05, 3.63) is 28.8 Å². The summed E-state index contributed by atoms with van der Waals surface area (Å²) in [5.74, 6) is 0.763. The molecule has 4 heteroatoms. The van der Waals surface area contributed by atoms with Gasteiger partial charge in [0.2, 0.25) is 0 Å². The summed E-state index contributed by atoms with van der Waals surface area (Å²) in [7, 11) is 1.79. The van der Waals surface area contributed by atoms with Crippen molar-refractivity contribution in [2.75, 3.05) is 13.7 Å². The zero-order valence-electron chi connectivity index (χ0n) is 12.5. The summed E-state index contributed by atoms with van der Waals surface area (Å²) in [6.45, 7) is 8.47. The highest BCUT2D eigenvalue weighted by Crippen LogP contribution is 2.24. The van der Waals surface area contributed by atoms with Gasteiger partial charge in [-0.05, 0) is 44.4 Å². The number of hydrogen-bond donors (Lipinski definition) is 1. The molecule has 0 fully saturated rings. The monoisotopic (exact) mass is 264 g/mol. The minimum Gasteiger partial charge on any atom is -0.483 e. The summed E-state index contributed by atoms with van der Waals surface area (Å²) < 4.78 is 5.67. The Balaban J connectivity index is 2.76. The van der Waals surface area contributed by atoms with Gasteiger partial charge in [-0.3, -0.25) is 4.79 Å². The minimum absolute atomic E-state index is 0.0169. The number of amides is 1. The highest BCUT2D eigenvalue weighted by Gasteiger charge is 2.14. The van der Waals surface area contributed by atoms with Gasteiger partial charge in [-0.2, -0.15) is 0 Å². The van der Waals surface area contributed by atoms with Gasteiger partial charge in [0.1, 0.15) is 5.75 Å². The van der Waals surface area contributed by atoms with Crippen LogP contribution >= 0.6 is 0 Å². The first-order valence-corrected chi connectivity index (χ1v) is 6.55. The van der Waals surface area contributed by atoms with E-state index in [1.54, 1.807) is 11.9 Å².